The molecule has 2 aromatic heterocycles. The SMILES string of the molecule is O=C(N=C1N=Nc2c(O)nc(C(C(=O)c3ccc(Cl)cc3Cl)c3nc4n(c3O)/C(=N\C(=O)Nc3ccc(Cl)cc3)N=N4)n21)Nc1ccc(Cl)cc1. The molecule has 1 atom stereocenters. The second-order valence-corrected chi connectivity index (χ2v) is 12.1. The number of halogens is 4. The van der Waals surface area contributed by atoms with Crippen LogP contribution in [-0.2, 0) is 0 Å². The van der Waals surface area contributed by atoms with Crippen molar-refractivity contribution in [2.75, 3.05) is 10.6 Å². The Morgan fingerprint density at radius 1 is 0.686 bits per heavy atom. The van der Waals surface area contributed by atoms with E-state index in [1.54, 1.807) is 36.4 Å². The maximum atomic E-state index is 14.4. The van der Waals surface area contributed by atoms with Crippen LogP contribution in [0, 0.1) is 0 Å². The number of hydrogen-bond donors (Lipinski definition) is 4. The summed E-state index contributed by atoms with van der Waals surface area (Å²) in [6.07, 6.45) is 0. The summed E-state index contributed by atoms with van der Waals surface area (Å²) in [7, 11) is 0. The molecule has 1 unspecified atom stereocenters. The number of rotatable bonds is 6. The lowest BCUT2D eigenvalue weighted by Gasteiger charge is -2.16. The van der Waals surface area contributed by atoms with Crippen LogP contribution < -0.4 is 10.6 Å². The van der Waals surface area contributed by atoms with Gasteiger partial charge in [0.1, 0.15) is 17.4 Å². The second kappa shape index (κ2) is 13.4. The van der Waals surface area contributed by atoms with Gasteiger partial charge in [-0.15, -0.1) is 20.5 Å². The third kappa shape index (κ3) is 6.53. The highest BCUT2D eigenvalue weighted by Gasteiger charge is 2.41. The molecule has 0 saturated carbocycles. The number of imidazole rings is 2. The third-order valence-electron chi connectivity index (χ3n) is 7.17. The third-order valence-corrected chi connectivity index (χ3v) is 8.22. The highest BCUT2D eigenvalue weighted by atomic mass is 35.5. The van der Waals surface area contributed by atoms with Crippen LogP contribution in [0.4, 0.5) is 32.7 Å². The number of benzene rings is 3. The van der Waals surface area contributed by atoms with Gasteiger partial charge in [-0.05, 0) is 66.7 Å². The Balaban J connectivity index is 1.30. The summed E-state index contributed by atoms with van der Waals surface area (Å²) in [5.74, 6) is -5.58. The molecule has 0 bridgehead atoms. The van der Waals surface area contributed by atoms with Crippen molar-refractivity contribution in [1.29, 1.82) is 0 Å². The van der Waals surface area contributed by atoms with Crippen LogP contribution in [-0.4, -0.2) is 59.1 Å². The Hall–Kier alpha value is -6.01. The Morgan fingerprint density at radius 3 is 1.82 bits per heavy atom. The molecule has 0 aliphatic carbocycles. The van der Waals surface area contributed by atoms with Crippen LogP contribution >= 0.6 is 46.4 Å². The van der Waals surface area contributed by atoms with E-state index >= 15 is 0 Å². The Labute approximate surface area is 304 Å². The predicted octanol–water partition coefficient (Wildman–Crippen LogP) is 8.19. The highest BCUT2D eigenvalue weighted by molar-refractivity contribution is 6.37. The first-order valence-corrected chi connectivity index (χ1v) is 15.7. The predicted molar refractivity (Wildman–Crippen MR) is 186 cm³/mol. The van der Waals surface area contributed by atoms with Crippen molar-refractivity contribution < 1.29 is 24.6 Å². The molecule has 0 radical (unpaired) electrons. The van der Waals surface area contributed by atoms with Crippen molar-refractivity contribution in [1.82, 2.24) is 19.1 Å². The van der Waals surface area contributed by atoms with Crippen LogP contribution in [0.15, 0.2) is 97.2 Å². The summed E-state index contributed by atoms with van der Waals surface area (Å²) < 4.78 is 1.95. The zero-order valence-corrected chi connectivity index (χ0v) is 28.1. The van der Waals surface area contributed by atoms with E-state index in [1.165, 1.54) is 30.3 Å². The number of aromatic hydroxyl groups is 2. The van der Waals surface area contributed by atoms with E-state index < -0.39 is 47.4 Å². The monoisotopic (exact) mass is 764 g/mol. The minimum atomic E-state index is -1.70. The van der Waals surface area contributed by atoms with E-state index in [-0.39, 0.29) is 38.9 Å². The second-order valence-electron chi connectivity index (χ2n) is 10.4. The number of urea groups is 2. The first-order chi connectivity index (χ1) is 24.5. The van der Waals surface area contributed by atoms with Gasteiger partial charge in [0.15, 0.2) is 5.78 Å². The van der Waals surface area contributed by atoms with Crippen LogP contribution in [0.3, 0.4) is 0 Å². The van der Waals surface area contributed by atoms with E-state index in [0.717, 1.165) is 9.13 Å². The van der Waals surface area contributed by atoms with Gasteiger partial charge in [-0.1, -0.05) is 46.4 Å². The lowest BCUT2D eigenvalue weighted by Crippen LogP contribution is -2.23. The highest BCUT2D eigenvalue weighted by Crippen LogP contribution is 2.43. The van der Waals surface area contributed by atoms with E-state index in [1.807, 2.05) is 0 Å². The first kappa shape index (κ1) is 33.5. The molecule has 2 aliphatic rings. The maximum Gasteiger partial charge on any atom is 0.348 e. The molecular weight excluding hydrogens is 750 g/mol. The largest absolute Gasteiger partial charge is 0.493 e. The fourth-order valence-electron chi connectivity index (χ4n) is 4.93. The van der Waals surface area contributed by atoms with E-state index in [4.69, 9.17) is 46.4 Å². The lowest BCUT2D eigenvalue weighted by molar-refractivity contribution is 0.0968. The molecule has 0 spiro atoms. The molecule has 21 heteroatoms. The van der Waals surface area contributed by atoms with Crippen LogP contribution in [0.5, 0.6) is 11.8 Å². The van der Waals surface area contributed by atoms with Gasteiger partial charge in [-0.2, -0.15) is 15.0 Å². The van der Waals surface area contributed by atoms with Crippen LogP contribution in [0.2, 0.25) is 20.1 Å². The van der Waals surface area contributed by atoms with Gasteiger partial charge in [0.05, 0.1) is 5.02 Å². The molecule has 0 fully saturated rings. The Kier molecular flexibility index (Phi) is 8.78. The van der Waals surface area contributed by atoms with Crippen molar-refractivity contribution in [3.8, 4) is 11.8 Å². The molecule has 4 heterocycles. The van der Waals surface area contributed by atoms with Gasteiger partial charge < -0.3 is 20.8 Å². The number of Topliss-reactive ketones (excluding diaryl/α,β-unsaturated/α-hetero) is 1. The number of carbonyl (C=O) groups is 3. The summed E-state index contributed by atoms with van der Waals surface area (Å²) in [6.45, 7) is 0. The average Bonchev–Trinajstić information content (AvgIpc) is 3.84. The number of carbonyl (C=O) groups excluding carboxylic acids is 3. The Morgan fingerprint density at radius 2 is 1.24 bits per heavy atom. The molecule has 4 amide bonds. The smallest absolute Gasteiger partial charge is 0.348 e. The quantitative estimate of drug-likeness (QED) is 0.124. The molecule has 7 rings (SSSR count). The number of anilines is 2. The van der Waals surface area contributed by atoms with Gasteiger partial charge in [0.2, 0.25) is 11.7 Å². The van der Waals surface area contributed by atoms with E-state index in [9.17, 15) is 24.6 Å². The standard InChI is InChI=1S/C30H16Cl4N12O5/c31-12-1-6-15(7-2-12)35-29(50)39-27-42-41-23-24(48)38-22(45(23)27)19(21(47)17-10-5-14(33)11-18(17)34)20-25(49)46-26(37-20)43-44-28(46)40-30(51)36-16-8-3-13(32)4-9-16/h1-11,19,48-49H,(H,35,50)(H,36,51)/b39-27?,40-28-. The van der Waals surface area contributed by atoms with Gasteiger partial charge in [-0.3, -0.25) is 4.79 Å². The minimum Gasteiger partial charge on any atom is -0.493 e. The summed E-state index contributed by atoms with van der Waals surface area (Å²) >= 11 is 24.3. The average molecular weight is 766 g/mol. The number of nitrogens with one attached hydrogen (secondary N) is 2. The number of azo groups is 2. The lowest BCUT2D eigenvalue weighted by atomic mass is 9.93. The number of nitrogens with zero attached hydrogens (tertiary/aromatic N) is 10. The number of aromatic nitrogens is 4. The zero-order valence-electron chi connectivity index (χ0n) is 25.0. The van der Waals surface area contributed by atoms with Gasteiger partial charge in [-0.25, -0.2) is 23.7 Å². The maximum absolute atomic E-state index is 14.4. The summed E-state index contributed by atoms with van der Waals surface area (Å²) in [4.78, 5) is 56.3. The minimum absolute atomic E-state index is 0.0624. The molecule has 4 N–H and O–H groups in total. The zero-order chi connectivity index (χ0) is 36.0. The van der Waals surface area contributed by atoms with Crippen molar-refractivity contribution in [3.05, 3.63) is 104 Å². The van der Waals surface area contributed by atoms with Crippen molar-refractivity contribution in [3.63, 3.8) is 0 Å². The molecule has 51 heavy (non-hydrogen) atoms. The molecule has 254 valence electrons. The summed E-state index contributed by atoms with van der Waals surface area (Å²) in [6, 6.07) is 14.7. The van der Waals surface area contributed by atoms with Crippen LogP contribution in [0.1, 0.15) is 27.8 Å². The number of fused-ring (bicyclic) bond motifs is 2. The molecule has 17 nitrogen and oxygen atoms in total. The molecule has 0 saturated heterocycles. The molecular formula is C30H16Cl4N12O5. The first-order valence-electron chi connectivity index (χ1n) is 14.2. The number of aliphatic imine (C=N–C) groups is 2. The van der Waals surface area contributed by atoms with E-state index in [0.29, 0.717) is 21.4 Å². The topological polar surface area (TPSA) is 226 Å². The summed E-state index contributed by atoms with van der Waals surface area (Å²) in [5.41, 5.74) is 0.261. The van der Waals surface area contributed by atoms with Gasteiger partial charge in [0, 0.05) is 32.0 Å². The molecule has 3 aromatic carbocycles. The number of hydrogen-bond acceptors (Lipinski definition) is 9. The van der Waals surface area contributed by atoms with Gasteiger partial charge >= 0.3 is 12.1 Å². The van der Waals surface area contributed by atoms with Crippen LogP contribution in [0.25, 0.3) is 0 Å². The number of ketones is 1. The fraction of sp³-hybridized carbons (Fsp3) is 0.0333. The van der Waals surface area contributed by atoms with Crippen molar-refractivity contribution >= 4 is 99.3 Å². The van der Waals surface area contributed by atoms with Crippen molar-refractivity contribution in [2.24, 2.45) is 30.4 Å². The van der Waals surface area contributed by atoms with Crippen molar-refractivity contribution in [2.45, 2.75) is 5.92 Å². The molecule has 5 aromatic rings. The van der Waals surface area contributed by atoms with E-state index in [2.05, 4.69) is 51.0 Å². The normalized spacial score (nSPS) is 14.9. The Bertz CT molecular complexity index is 2400. The number of amides is 4. The fourth-order valence-corrected chi connectivity index (χ4v) is 5.69. The van der Waals surface area contributed by atoms with Gasteiger partial charge in [0.25, 0.3) is 23.7 Å². The molecule has 2 aliphatic heterocycles. The summed E-state index contributed by atoms with van der Waals surface area (Å²) in [5, 5.41) is 43.9.